The third-order valence-corrected chi connectivity index (χ3v) is 4.15. The van der Waals surface area contributed by atoms with Crippen LogP contribution >= 0.6 is 27.3 Å². The highest BCUT2D eigenvalue weighted by molar-refractivity contribution is 9.10. The van der Waals surface area contributed by atoms with E-state index in [4.69, 9.17) is 0 Å². The van der Waals surface area contributed by atoms with Crippen LogP contribution in [0, 0.1) is 11.6 Å². The van der Waals surface area contributed by atoms with Crippen molar-refractivity contribution in [2.45, 2.75) is 13.0 Å². The van der Waals surface area contributed by atoms with Gasteiger partial charge in [-0.3, -0.25) is 0 Å². The molecule has 1 unspecified atom stereocenters. The molecule has 0 bridgehead atoms. The van der Waals surface area contributed by atoms with E-state index in [2.05, 4.69) is 21.2 Å². The Morgan fingerprint density at radius 1 is 1.33 bits per heavy atom. The van der Waals surface area contributed by atoms with Crippen molar-refractivity contribution in [3.05, 3.63) is 56.2 Å². The second kappa shape index (κ2) is 5.91. The zero-order valence-corrected chi connectivity index (χ0v) is 12.1. The molecule has 1 aromatic heterocycles. The van der Waals surface area contributed by atoms with Gasteiger partial charge in [0.05, 0.1) is 10.5 Å². The quantitative estimate of drug-likeness (QED) is 0.814. The summed E-state index contributed by atoms with van der Waals surface area (Å²) < 4.78 is 28.3. The zero-order chi connectivity index (χ0) is 13.1. The molecule has 2 rings (SSSR count). The number of thiophene rings is 1. The summed E-state index contributed by atoms with van der Waals surface area (Å²) in [7, 11) is 0. The Hall–Kier alpha value is -0.780. The van der Waals surface area contributed by atoms with Crippen molar-refractivity contribution >= 4 is 27.3 Å². The van der Waals surface area contributed by atoms with E-state index in [0.717, 1.165) is 4.88 Å². The molecule has 0 spiro atoms. The van der Waals surface area contributed by atoms with Gasteiger partial charge in [-0.1, -0.05) is 13.0 Å². The Bertz CT molecular complexity index is 528. The minimum Gasteiger partial charge on any atom is -0.306 e. The third kappa shape index (κ3) is 2.63. The van der Waals surface area contributed by atoms with Crippen LogP contribution in [0.1, 0.15) is 23.4 Å². The summed E-state index contributed by atoms with van der Waals surface area (Å²) >= 11 is 4.57. The zero-order valence-electron chi connectivity index (χ0n) is 9.71. The van der Waals surface area contributed by atoms with Crippen molar-refractivity contribution in [1.29, 1.82) is 0 Å². The number of halogens is 3. The van der Waals surface area contributed by atoms with Crippen molar-refractivity contribution in [3.8, 4) is 0 Å². The fourth-order valence-electron chi connectivity index (χ4n) is 1.81. The highest BCUT2D eigenvalue weighted by Crippen LogP contribution is 2.32. The van der Waals surface area contributed by atoms with Gasteiger partial charge in [0.15, 0.2) is 0 Å². The van der Waals surface area contributed by atoms with Crippen LogP contribution in [0.4, 0.5) is 8.78 Å². The van der Waals surface area contributed by atoms with Gasteiger partial charge in [-0.25, -0.2) is 8.78 Å². The van der Waals surface area contributed by atoms with E-state index in [-0.39, 0.29) is 10.0 Å². The standard InChI is InChI=1S/C13H12BrF2NS/c1-2-17-13(10-4-3-7-18-10)11-9(15)6-5-8(14)12(11)16/h3-7,13,17H,2H2,1H3. The van der Waals surface area contributed by atoms with E-state index >= 15 is 0 Å². The lowest BCUT2D eigenvalue weighted by molar-refractivity contribution is 0.510. The average molecular weight is 332 g/mol. The molecule has 0 radical (unpaired) electrons. The normalized spacial score (nSPS) is 12.7. The maximum atomic E-state index is 14.1. The van der Waals surface area contributed by atoms with Crippen LogP contribution in [0.5, 0.6) is 0 Å². The summed E-state index contributed by atoms with van der Waals surface area (Å²) in [6.45, 7) is 2.54. The van der Waals surface area contributed by atoms with Crippen LogP contribution in [0.15, 0.2) is 34.1 Å². The van der Waals surface area contributed by atoms with E-state index in [0.29, 0.717) is 6.54 Å². The number of nitrogens with one attached hydrogen (secondary N) is 1. The van der Waals surface area contributed by atoms with Gasteiger partial charge in [0.1, 0.15) is 11.6 Å². The molecule has 0 saturated carbocycles. The molecule has 0 aliphatic heterocycles. The molecule has 0 aliphatic rings. The van der Waals surface area contributed by atoms with E-state index in [1.54, 1.807) is 0 Å². The molecule has 0 saturated heterocycles. The lowest BCUT2D eigenvalue weighted by Crippen LogP contribution is -2.23. The fourth-order valence-corrected chi connectivity index (χ4v) is 2.97. The van der Waals surface area contributed by atoms with E-state index in [1.165, 1.54) is 23.5 Å². The molecule has 0 aliphatic carbocycles. The molecular formula is C13H12BrF2NS. The monoisotopic (exact) mass is 331 g/mol. The molecule has 0 fully saturated rings. The first kappa shape index (κ1) is 13.6. The fraction of sp³-hybridized carbons (Fsp3) is 0.231. The van der Waals surface area contributed by atoms with Crippen molar-refractivity contribution in [1.82, 2.24) is 5.32 Å². The van der Waals surface area contributed by atoms with Crippen molar-refractivity contribution < 1.29 is 8.78 Å². The van der Waals surface area contributed by atoms with Crippen LogP contribution in [0.3, 0.4) is 0 Å². The average Bonchev–Trinajstić information content (AvgIpc) is 2.87. The largest absolute Gasteiger partial charge is 0.306 e. The molecule has 1 nitrogen and oxygen atoms in total. The summed E-state index contributed by atoms with van der Waals surface area (Å²) in [5, 5.41) is 5.02. The molecule has 2 aromatic rings. The summed E-state index contributed by atoms with van der Waals surface area (Å²) in [5.41, 5.74) is 0.0636. The number of rotatable bonds is 4. The van der Waals surface area contributed by atoms with Gasteiger partial charge < -0.3 is 5.32 Å². The minimum atomic E-state index is -0.547. The summed E-state index contributed by atoms with van der Waals surface area (Å²) in [6, 6.07) is 5.95. The number of hydrogen-bond acceptors (Lipinski definition) is 2. The Kier molecular flexibility index (Phi) is 4.48. The smallest absolute Gasteiger partial charge is 0.145 e. The van der Waals surface area contributed by atoms with Crippen LogP contribution in [-0.4, -0.2) is 6.54 Å². The Morgan fingerprint density at radius 2 is 2.11 bits per heavy atom. The van der Waals surface area contributed by atoms with Crippen LogP contribution in [0.2, 0.25) is 0 Å². The first-order chi connectivity index (χ1) is 8.65. The molecule has 1 aromatic carbocycles. The second-order valence-corrected chi connectivity index (χ2v) is 5.60. The van der Waals surface area contributed by atoms with Gasteiger partial charge in [0, 0.05) is 10.4 Å². The number of benzene rings is 1. The van der Waals surface area contributed by atoms with E-state index in [1.807, 2.05) is 24.4 Å². The van der Waals surface area contributed by atoms with E-state index in [9.17, 15) is 8.78 Å². The Morgan fingerprint density at radius 3 is 2.72 bits per heavy atom. The first-order valence-electron chi connectivity index (χ1n) is 5.55. The lowest BCUT2D eigenvalue weighted by atomic mass is 10.0. The first-order valence-corrected chi connectivity index (χ1v) is 7.22. The molecule has 1 atom stereocenters. The van der Waals surface area contributed by atoms with Crippen molar-refractivity contribution in [2.24, 2.45) is 0 Å². The number of hydrogen-bond donors (Lipinski definition) is 1. The summed E-state index contributed by atoms with van der Waals surface area (Å²) in [4.78, 5) is 0.896. The molecule has 96 valence electrons. The summed E-state index contributed by atoms with van der Waals surface area (Å²) in [5.74, 6) is -1.08. The molecular weight excluding hydrogens is 320 g/mol. The SMILES string of the molecule is CCNC(c1cccs1)c1c(F)ccc(Br)c1F. The predicted molar refractivity (Wildman–Crippen MR) is 73.9 cm³/mol. The van der Waals surface area contributed by atoms with Gasteiger partial charge in [0.25, 0.3) is 0 Å². The second-order valence-electron chi connectivity index (χ2n) is 3.76. The Balaban J connectivity index is 2.52. The lowest BCUT2D eigenvalue weighted by Gasteiger charge is -2.18. The molecule has 1 N–H and O–H groups in total. The highest BCUT2D eigenvalue weighted by Gasteiger charge is 2.23. The van der Waals surface area contributed by atoms with Gasteiger partial charge in [-0.15, -0.1) is 11.3 Å². The molecule has 1 heterocycles. The minimum absolute atomic E-state index is 0.0636. The van der Waals surface area contributed by atoms with Crippen LogP contribution in [-0.2, 0) is 0 Å². The van der Waals surface area contributed by atoms with Gasteiger partial charge in [-0.2, -0.15) is 0 Å². The van der Waals surface area contributed by atoms with Crippen molar-refractivity contribution in [2.75, 3.05) is 6.54 Å². The predicted octanol–water partition coefficient (Wildman–Crippen LogP) is 4.49. The van der Waals surface area contributed by atoms with Crippen molar-refractivity contribution in [3.63, 3.8) is 0 Å². The van der Waals surface area contributed by atoms with E-state index < -0.39 is 17.7 Å². The molecule has 5 heteroatoms. The molecule has 18 heavy (non-hydrogen) atoms. The topological polar surface area (TPSA) is 12.0 Å². The Labute approximate surface area is 117 Å². The highest BCUT2D eigenvalue weighted by atomic mass is 79.9. The van der Waals surface area contributed by atoms with Gasteiger partial charge in [-0.05, 0) is 46.1 Å². The maximum Gasteiger partial charge on any atom is 0.145 e. The maximum absolute atomic E-state index is 14.1. The van der Waals surface area contributed by atoms with Gasteiger partial charge in [0.2, 0.25) is 0 Å². The summed E-state index contributed by atoms with van der Waals surface area (Å²) in [6.07, 6.45) is 0. The third-order valence-electron chi connectivity index (χ3n) is 2.60. The van der Waals surface area contributed by atoms with Crippen LogP contribution in [0.25, 0.3) is 0 Å². The van der Waals surface area contributed by atoms with Crippen LogP contribution < -0.4 is 5.32 Å². The molecule has 0 amide bonds. The van der Waals surface area contributed by atoms with Gasteiger partial charge >= 0.3 is 0 Å².